The van der Waals surface area contributed by atoms with Crippen molar-refractivity contribution >= 4 is 57.4 Å². The van der Waals surface area contributed by atoms with E-state index in [4.69, 9.17) is 39.9 Å². The first-order chi connectivity index (χ1) is 6.31. The summed E-state index contributed by atoms with van der Waals surface area (Å²) in [6.07, 6.45) is -0.0732. The molecule has 1 aromatic rings. The molecule has 1 aromatic carbocycles. The molecule has 0 spiro atoms. The summed E-state index contributed by atoms with van der Waals surface area (Å²) in [5.41, 5.74) is 0.214. The maximum absolute atomic E-state index is 13.4. The third kappa shape index (κ3) is 3.29. The molecule has 0 aliphatic heterocycles. The number of phenolic OH excluding ortho intramolecular Hbond substituents is 1. The van der Waals surface area contributed by atoms with Gasteiger partial charge >= 0.3 is 0 Å². The molecule has 0 saturated heterocycles. The lowest BCUT2D eigenvalue weighted by Gasteiger charge is -2.13. The van der Waals surface area contributed by atoms with Crippen LogP contribution in [0.15, 0.2) is 12.1 Å². The molecule has 0 bridgehead atoms. The lowest BCUT2D eigenvalue weighted by molar-refractivity contribution is 0.428. The summed E-state index contributed by atoms with van der Waals surface area (Å²) >= 11 is 18.5. The summed E-state index contributed by atoms with van der Waals surface area (Å²) in [4.78, 5) is 0. The van der Waals surface area contributed by atoms with E-state index in [1.807, 2.05) is 22.6 Å². The maximum Gasteiger partial charge on any atom is 0.194 e. The standard InChI is InChI=1S/C8H5Cl3FIO/c9-8(10,11)3-4-5(13)1-2-6(14)7(4)12/h1-2,14H,3H2. The molecule has 0 fully saturated rings. The topological polar surface area (TPSA) is 20.2 Å². The predicted molar refractivity (Wildman–Crippen MR) is 64.8 cm³/mol. The Morgan fingerprint density at radius 3 is 2.43 bits per heavy atom. The zero-order valence-corrected chi connectivity index (χ0v) is 11.1. The maximum atomic E-state index is 13.4. The SMILES string of the molecule is Oc1ccc(I)c(CC(Cl)(Cl)Cl)c1F. The smallest absolute Gasteiger partial charge is 0.194 e. The van der Waals surface area contributed by atoms with Crippen LogP contribution in [0.2, 0.25) is 0 Å². The summed E-state index contributed by atoms with van der Waals surface area (Å²) in [6, 6.07) is 2.82. The lowest BCUT2D eigenvalue weighted by atomic mass is 10.1. The van der Waals surface area contributed by atoms with Gasteiger partial charge in [-0.3, -0.25) is 0 Å². The predicted octanol–water partition coefficient (Wildman–Crippen LogP) is 4.05. The highest BCUT2D eigenvalue weighted by atomic mass is 127. The molecule has 1 N–H and O–H groups in total. The molecule has 0 aromatic heterocycles. The van der Waals surface area contributed by atoms with Crippen molar-refractivity contribution in [3.8, 4) is 5.75 Å². The molecular weight excluding hydrogens is 364 g/mol. The Bertz CT molecular complexity index is 351. The second kappa shape index (κ2) is 4.60. The van der Waals surface area contributed by atoms with E-state index in [0.29, 0.717) is 3.57 Å². The van der Waals surface area contributed by atoms with Crippen LogP contribution in [0.3, 0.4) is 0 Å². The van der Waals surface area contributed by atoms with Gasteiger partial charge in [0.15, 0.2) is 15.4 Å². The first-order valence-electron chi connectivity index (χ1n) is 3.54. The van der Waals surface area contributed by atoms with Gasteiger partial charge in [0.05, 0.1) is 0 Å². The monoisotopic (exact) mass is 368 g/mol. The highest BCUT2D eigenvalue weighted by Crippen LogP contribution is 2.34. The van der Waals surface area contributed by atoms with Crippen LogP contribution in [-0.2, 0) is 6.42 Å². The molecule has 14 heavy (non-hydrogen) atoms. The van der Waals surface area contributed by atoms with Crippen molar-refractivity contribution in [2.75, 3.05) is 0 Å². The van der Waals surface area contributed by atoms with Gasteiger partial charge in [-0.05, 0) is 34.7 Å². The largest absolute Gasteiger partial charge is 0.505 e. The highest BCUT2D eigenvalue weighted by molar-refractivity contribution is 14.1. The lowest BCUT2D eigenvalue weighted by Crippen LogP contribution is -2.10. The van der Waals surface area contributed by atoms with Gasteiger partial charge in [0.1, 0.15) is 0 Å². The molecule has 0 unspecified atom stereocenters. The molecule has 6 heteroatoms. The number of halogens is 5. The highest BCUT2D eigenvalue weighted by Gasteiger charge is 2.24. The first kappa shape index (κ1) is 12.6. The van der Waals surface area contributed by atoms with Gasteiger partial charge in [0, 0.05) is 15.6 Å². The van der Waals surface area contributed by atoms with Gasteiger partial charge in [-0.1, -0.05) is 34.8 Å². The van der Waals surface area contributed by atoms with Crippen LogP contribution < -0.4 is 0 Å². The Hall–Kier alpha value is 0.550. The van der Waals surface area contributed by atoms with Crippen LogP contribution in [0.25, 0.3) is 0 Å². The summed E-state index contributed by atoms with van der Waals surface area (Å²) < 4.78 is 12.4. The average molecular weight is 369 g/mol. The summed E-state index contributed by atoms with van der Waals surface area (Å²) in [5.74, 6) is -1.17. The molecule has 0 saturated carbocycles. The van der Waals surface area contributed by atoms with E-state index < -0.39 is 15.4 Å². The quantitative estimate of drug-likeness (QED) is 0.585. The van der Waals surface area contributed by atoms with Crippen molar-refractivity contribution < 1.29 is 9.50 Å². The molecule has 78 valence electrons. The van der Waals surface area contributed by atoms with Crippen molar-refractivity contribution in [2.24, 2.45) is 0 Å². The van der Waals surface area contributed by atoms with Gasteiger partial charge in [0.2, 0.25) is 0 Å². The minimum atomic E-state index is -1.56. The van der Waals surface area contributed by atoms with Crippen molar-refractivity contribution in [3.63, 3.8) is 0 Å². The molecule has 0 heterocycles. The van der Waals surface area contributed by atoms with Crippen molar-refractivity contribution in [3.05, 3.63) is 27.1 Å². The first-order valence-corrected chi connectivity index (χ1v) is 5.75. The van der Waals surface area contributed by atoms with E-state index in [1.54, 1.807) is 6.07 Å². The van der Waals surface area contributed by atoms with E-state index in [9.17, 15) is 4.39 Å². The van der Waals surface area contributed by atoms with Crippen molar-refractivity contribution in [1.82, 2.24) is 0 Å². The van der Waals surface area contributed by atoms with Crippen LogP contribution in [0.1, 0.15) is 5.56 Å². The molecule has 0 atom stereocenters. The van der Waals surface area contributed by atoms with E-state index in [1.165, 1.54) is 6.07 Å². The number of hydrogen-bond acceptors (Lipinski definition) is 1. The third-order valence-electron chi connectivity index (χ3n) is 1.54. The summed E-state index contributed by atoms with van der Waals surface area (Å²) in [5, 5.41) is 9.11. The minimum absolute atomic E-state index is 0.0732. The molecule has 0 aliphatic rings. The Morgan fingerprint density at radius 2 is 1.93 bits per heavy atom. The fraction of sp³-hybridized carbons (Fsp3) is 0.250. The van der Waals surface area contributed by atoms with Crippen LogP contribution in [0.4, 0.5) is 4.39 Å². The number of aromatic hydroxyl groups is 1. The molecule has 0 amide bonds. The summed E-state index contributed by atoms with van der Waals surface area (Å²) in [6.45, 7) is 0. The van der Waals surface area contributed by atoms with Gasteiger partial charge < -0.3 is 5.11 Å². The molecule has 1 nitrogen and oxygen atoms in total. The number of hydrogen-bond donors (Lipinski definition) is 1. The Kier molecular flexibility index (Phi) is 4.14. The van der Waals surface area contributed by atoms with Crippen molar-refractivity contribution in [1.29, 1.82) is 0 Å². The Balaban J connectivity index is 3.13. The Morgan fingerprint density at radius 1 is 1.36 bits per heavy atom. The minimum Gasteiger partial charge on any atom is -0.505 e. The van der Waals surface area contributed by atoms with Gasteiger partial charge in [0.25, 0.3) is 0 Å². The Labute approximate surface area is 109 Å². The number of alkyl halides is 3. The molecule has 1 rings (SSSR count). The van der Waals surface area contributed by atoms with Crippen molar-refractivity contribution in [2.45, 2.75) is 10.2 Å². The van der Waals surface area contributed by atoms with E-state index in [0.717, 1.165) is 0 Å². The normalized spacial score (nSPS) is 11.8. The number of rotatable bonds is 1. The average Bonchev–Trinajstić information content (AvgIpc) is 2.04. The second-order valence-electron chi connectivity index (χ2n) is 2.65. The molecule has 0 radical (unpaired) electrons. The van der Waals surface area contributed by atoms with Gasteiger partial charge in [-0.2, -0.15) is 0 Å². The third-order valence-corrected chi connectivity index (χ3v) is 2.95. The molecule has 0 aliphatic carbocycles. The summed E-state index contributed by atoms with van der Waals surface area (Å²) in [7, 11) is 0. The van der Waals surface area contributed by atoms with Gasteiger partial charge in [-0.15, -0.1) is 0 Å². The zero-order valence-electron chi connectivity index (χ0n) is 6.70. The van der Waals surface area contributed by atoms with Crippen LogP contribution in [-0.4, -0.2) is 8.90 Å². The molecular formula is C8H5Cl3FIO. The van der Waals surface area contributed by atoms with E-state index in [2.05, 4.69) is 0 Å². The van der Waals surface area contributed by atoms with Gasteiger partial charge in [-0.25, -0.2) is 4.39 Å². The van der Waals surface area contributed by atoms with Crippen LogP contribution in [0.5, 0.6) is 5.75 Å². The zero-order chi connectivity index (χ0) is 10.9. The van der Waals surface area contributed by atoms with E-state index >= 15 is 0 Å². The van der Waals surface area contributed by atoms with E-state index in [-0.39, 0.29) is 12.0 Å². The fourth-order valence-corrected chi connectivity index (χ4v) is 1.96. The van der Waals surface area contributed by atoms with Crippen LogP contribution >= 0.6 is 57.4 Å². The fourth-order valence-electron chi connectivity index (χ4n) is 0.948. The number of benzene rings is 1. The van der Waals surface area contributed by atoms with Crippen LogP contribution in [0, 0.1) is 9.39 Å². The second-order valence-corrected chi connectivity index (χ2v) is 6.33. The number of phenols is 1.